The summed E-state index contributed by atoms with van der Waals surface area (Å²) in [4.78, 5) is 4.54. The summed E-state index contributed by atoms with van der Waals surface area (Å²) in [6.07, 6.45) is 2.86. The molecule has 102 valence electrons. The molecule has 1 aromatic heterocycles. The molecule has 0 unspecified atom stereocenters. The van der Waals surface area contributed by atoms with Gasteiger partial charge in [-0.1, -0.05) is 52.3 Å². The monoisotopic (exact) mass is 259 g/mol. The lowest BCUT2D eigenvalue weighted by molar-refractivity contribution is 0.498. The average Bonchev–Trinajstić information content (AvgIpc) is 2.36. The molecule has 0 aliphatic carbocycles. The second-order valence-electron chi connectivity index (χ2n) is 6.12. The van der Waals surface area contributed by atoms with Crippen LogP contribution in [0.5, 0.6) is 0 Å². The summed E-state index contributed by atoms with van der Waals surface area (Å²) in [5, 5.41) is 0.960. The first kappa shape index (κ1) is 14.0. The summed E-state index contributed by atoms with van der Waals surface area (Å²) < 4.78 is 14.8. The molecule has 0 saturated heterocycles. The molecule has 2 heteroatoms. The number of para-hydroxylation sites is 1. The Bertz CT molecular complexity index is 582. The van der Waals surface area contributed by atoms with Gasteiger partial charge in [-0.3, -0.25) is 0 Å². The van der Waals surface area contributed by atoms with E-state index in [9.17, 15) is 4.39 Å². The van der Waals surface area contributed by atoms with E-state index in [1.807, 2.05) is 45.0 Å². The van der Waals surface area contributed by atoms with Crippen LogP contribution in [0.15, 0.2) is 24.3 Å². The van der Waals surface area contributed by atoms with Gasteiger partial charge in [-0.25, -0.2) is 9.37 Å². The second-order valence-corrected chi connectivity index (χ2v) is 6.12. The highest BCUT2D eigenvalue weighted by atomic mass is 19.1. The smallest absolute Gasteiger partial charge is 0.149 e. The number of hydrogen-bond acceptors (Lipinski definition) is 1. The van der Waals surface area contributed by atoms with Crippen molar-refractivity contribution in [3.8, 4) is 0 Å². The van der Waals surface area contributed by atoms with Gasteiger partial charge in [0.15, 0.2) is 0 Å². The van der Waals surface area contributed by atoms with Crippen LogP contribution in [-0.4, -0.2) is 4.98 Å². The Morgan fingerprint density at radius 1 is 1.16 bits per heavy atom. The largest absolute Gasteiger partial charge is 0.249 e. The van der Waals surface area contributed by atoms with Crippen molar-refractivity contribution in [2.45, 2.75) is 52.4 Å². The third-order valence-corrected chi connectivity index (χ3v) is 3.43. The van der Waals surface area contributed by atoms with Gasteiger partial charge in [0, 0.05) is 10.8 Å². The number of hydrogen-bond donors (Lipinski definition) is 0. The molecule has 0 atom stereocenters. The van der Waals surface area contributed by atoms with Crippen LogP contribution in [-0.2, 0) is 11.8 Å². The van der Waals surface area contributed by atoms with Gasteiger partial charge >= 0.3 is 0 Å². The highest BCUT2D eigenvalue weighted by molar-refractivity contribution is 5.82. The Kier molecular flexibility index (Phi) is 3.88. The molecule has 0 spiro atoms. The zero-order chi connectivity index (χ0) is 14.0. The summed E-state index contributed by atoms with van der Waals surface area (Å²) in [5.74, 6) is -0.111. The maximum atomic E-state index is 14.8. The second kappa shape index (κ2) is 5.28. The van der Waals surface area contributed by atoms with Gasteiger partial charge in [0.25, 0.3) is 0 Å². The number of pyridine rings is 1. The summed E-state index contributed by atoms with van der Waals surface area (Å²) in [5.41, 5.74) is 2.05. The van der Waals surface area contributed by atoms with Gasteiger partial charge in [-0.05, 0) is 24.5 Å². The van der Waals surface area contributed by atoms with Crippen LogP contribution in [0.1, 0.15) is 51.8 Å². The van der Waals surface area contributed by atoms with Crippen molar-refractivity contribution >= 4 is 10.9 Å². The summed E-state index contributed by atoms with van der Waals surface area (Å²) in [7, 11) is 0. The molecule has 0 amide bonds. The van der Waals surface area contributed by atoms with Gasteiger partial charge in [0.2, 0.25) is 0 Å². The highest BCUT2D eigenvalue weighted by Gasteiger charge is 2.24. The van der Waals surface area contributed by atoms with E-state index in [0.717, 1.165) is 35.7 Å². The lowest BCUT2D eigenvalue weighted by Crippen LogP contribution is -2.18. The molecule has 0 N–H and O–H groups in total. The predicted molar refractivity (Wildman–Crippen MR) is 79.0 cm³/mol. The Morgan fingerprint density at radius 3 is 2.47 bits per heavy atom. The normalized spacial score (nSPS) is 12.1. The molecule has 0 bridgehead atoms. The topological polar surface area (TPSA) is 12.9 Å². The lowest BCUT2D eigenvalue weighted by atomic mass is 9.88. The van der Waals surface area contributed by atoms with Crippen LogP contribution in [0.2, 0.25) is 0 Å². The molecule has 0 aliphatic heterocycles. The van der Waals surface area contributed by atoms with E-state index in [0.29, 0.717) is 5.69 Å². The minimum absolute atomic E-state index is 0.111. The third-order valence-electron chi connectivity index (χ3n) is 3.43. The molecule has 2 aromatic rings. The van der Waals surface area contributed by atoms with Crippen molar-refractivity contribution in [1.29, 1.82) is 0 Å². The SMILES string of the molecule is CCCCc1c(F)c(C(C)(C)C)nc2ccccc12. The zero-order valence-corrected chi connectivity index (χ0v) is 12.3. The molecule has 2 rings (SSSR count). The molecular weight excluding hydrogens is 237 g/mol. The first-order valence-electron chi connectivity index (χ1n) is 7.02. The van der Waals surface area contributed by atoms with Gasteiger partial charge in [0.1, 0.15) is 5.82 Å². The molecule has 1 heterocycles. The van der Waals surface area contributed by atoms with E-state index in [-0.39, 0.29) is 11.2 Å². The molecule has 1 nitrogen and oxygen atoms in total. The molecule has 0 aliphatic rings. The van der Waals surface area contributed by atoms with Crippen LogP contribution in [0.25, 0.3) is 10.9 Å². The van der Waals surface area contributed by atoms with E-state index in [1.165, 1.54) is 0 Å². The van der Waals surface area contributed by atoms with E-state index in [2.05, 4.69) is 11.9 Å². The van der Waals surface area contributed by atoms with Crippen molar-refractivity contribution in [2.75, 3.05) is 0 Å². The number of benzene rings is 1. The predicted octanol–water partition coefficient (Wildman–Crippen LogP) is 5.01. The molecule has 0 saturated carbocycles. The van der Waals surface area contributed by atoms with E-state index >= 15 is 0 Å². The number of nitrogens with zero attached hydrogens (tertiary/aromatic N) is 1. The summed E-state index contributed by atoms with van der Waals surface area (Å²) >= 11 is 0. The van der Waals surface area contributed by atoms with Crippen molar-refractivity contribution in [3.05, 3.63) is 41.3 Å². The van der Waals surface area contributed by atoms with E-state index in [4.69, 9.17) is 0 Å². The van der Waals surface area contributed by atoms with Gasteiger partial charge in [0.05, 0.1) is 11.2 Å². The Hall–Kier alpha value is -1.44. The number of unbranched alkanes of at least 4 members (excludes halogenated alkanes) is 1. The highest BCUT2D eigenvalue weighted by Crippen LogP contribution is 2.30. The number of aryl methyl sites for hydroxylation is 1. The van der Waals surface area contributed by atoms with Crippen molar-refractivity contribution in [2.24, 2.45) is 0 Å². The minimum atomic E-state index is -0.269. The zero-order valence-electron chi connectivity index (χ0n) is 12.3. The van der Waals surface area contributed by atoms with Gasteiger partial charge in [-0.2, -0.15) is 0 Å². The van der Waals surface area contributed by atoms with Crippen LogP contribution >= 0.6 is 0 Å². The van der Waals surface area contributed by atoms with Crippen molar-refractivity contribution in [3.63, 3.8) is 0 Å². The third kappa shape index (κ3) is 2.78. The average molecular weight is 259 g/mol. The standard InChI is InChI=1S/C17H22FN/c1-5-6-9-13-12-10-7-8-11-14(12)19-16(15(13)18)17(2,3)4/h7-8,10-11H,5-6,9H2,1-4H3. The van der Waals surface area contributed by atoms with Crippen molar-refractivity contribution in [1.82, 2.24) is 4.98 Å². The van der Waals surface area contributed by atoms with Crippen LogP contribution in [0.3, 0.4) is 0 Å². The van der Waals surface area contributed by atoms with E-state index < -0.39 is 0 Å². The number of rotatable bonds is 3. The van der Waals surface area contributed by atoms with Crippen molar-refractivity contribution < 1.29 is 4.39 Å². The number of aromatic nitrogens is 1. The Morgan fingerprint density at radius 2 is 1.84 bits per heavy atom. The van der Waals surface area contributed by atoms with Crippen LogP contribution in [0, 0.1) is 5.82 Å². The Labute approximate surface area is 114 Å². The van der Waals surface area contributed by atoms with Crippen LogP contribution < -0.4 is 0 Å². The molecular formula is C17H22FN. The van der Waals surface area contributed by atoms with Gasteiger partial charge in [-0.15, -0.1) is 0 Å². The molecule has 19 heavy (non-hydrogen) atoms. The fraction of sp³-hybridized carbons (Fsp3) is 0.471. The first-order valence-corrected chi connectivity index (χ1v) is 7.02. The van der Waals surface area contributed by atoms with Crippen LogP contribution in [0.4, 0.5) is 4.39 Å². The minimum Gasteiger partial charge on any atom is -0.249 e. The molecule has 0 radical (unpaired) electrons. The maximum absolute atomic E-state index is 14.8. The lowest BCUT2D eigenvalue weighted by Gasteiger charge is -2.21. The number of halogens is 1. The number of fused-ring (bicyclic) bond motifs is 1. The maximum Gasteiger partial charge on any atom is 0.149 e. The quantitative estimate of drug-likeness (QED) is 0.754. The fourth-order valence-corrected chi connectivity index (χ4v) is 2.35. The Balaban J connectivity index is 2.70. The first-order chi connectivity index (χ1) is 8.95. The summed E-state index contributed by atoms with van der Waals surface area (Å²) in [6.45, 7) is 8.16. The van der Waals surface area contributed by atoms with Gasteiger partial charge < -0.3 is 0 Å². The fourth-order valence-electron chi connectivity index (χ4n) is 2.35. The molecule has 1 aromatic carbocycles. The molecule has 0 fully saturated rings. The van der Waals surface area contributed by atoms with E-state index in [1.54, 1.807) is 0 Å². The summed E-state index contributed by atoms with van der Waals surface area (Å²) in [6, 6.07) is 7.86.